The van der Waals surface area contributed by atoms with Gasteiger partial charge in [0, 0.05) is 36.4 Å². The van der Waals surface area contributed by atoms with Gasteiger partial charge in [-0.3, -0.25) is 4.90 Å². The number of hydrogen-bond acceptors (Lipinski definition) is 5. The van der Waals surface area contributed by atoms with Crippen molar-refractivity contribution in [3.05, 3.63) is 59.4 Å². The Labute approximate surface area is 159 Å². The Kier molecular flexibility index (Phi) is 6.96. The highest BCUT2D eigenvalue weighted by Gasteiger charge is 2.23. The van der Waals surface area contributed by atoms with E-state index in [1.807, 2.05) is 55.2 Å². The second kappa shape index (κ2) is 9.63. The highest BCUT2D eigenvalue weighted by molar-refractivity contribution is 7.99. The minimum Gasteiger partial charge on any atom is -0.491 e. The van der Waals surface area contributed by atoms with E-state index in [4.69, 9.17) is 9.84 Å². The quantitative estimate of drug-likeness (QED) is 0.822. The first-order valence-electron chi connectivity index (χ1n) is 8.86. The van der Waals surface area contributed by atoms with E-state index in [9.17, 15) is 0 Å². The van der Waals surface area contributed by atoms with Gasteiger partial charge < -0.3 is 9.84 Å². The minimum absolute atomic E-state index is 0.00167. The van der Waals surface area contributed by atoms with Crippen LogP contribution in [-0.4, -0.2) is 52.8 Å². The van der Waals surface area contributed by atoms with Gasteiger partial charge in [0.15, 0.2) is 0 Å². The molecule has 136 valence electrons. The van der Waals surface area contributed by atoms with Crippen LogP contribution in [0.4, 0.5) is 0 Å². The van der Waals surface area contributed by atoms with E-state index in [1.165, 1.54) is 0 Å². The maximum absolute atomic E-state index is 9.11. The Balaban J connectivity index is 1.92. The first kappa shape index (κ1) is 18.8. The summed E-state index contributed by atoms with van der Waals surface area (Å²) in [7, 11) is 0. The number of nitrogens with zero attached hydrogens (tertiary/aromatic N) is 2. The topological polar surface area (TPSA) is 45.6 Å². The molecule has 1 atom stereocenters. The second-order valence-electron chi connectivity index (χ2n) is 6.15. The Morgan fingerprint density at radius 2 is 2.04 bits per heavy atom. The smallest absolute Gasteiger partial charge is 0.125 e. The Hall–Kier alpha value is -2.00. The van der Waals surface area contributed by atoms with Crippen molar-refractivity contribution in [2.24, 2.45) is 0 Å². The molecular weight excluding hydrogens is 344 g/mol. The molecule has 0 aliphatic carbocycles. The Morgan fingerprint density at radius 1 is 1.23 bits per heavy atom. The zero-order valence-electron chi connectivity index (χ0n) is 15.0. The third-order valence-corrected chi connectivity index (χ3v) is 5.16. The molecule has 2 heterocycles. The molecule has 0 unspecified atom stereocenters. The molecule has 1 aliphatic heterocycles. The molecule has 1 aromatic carbocycles. The lowest BCUT2D eigenvalue weighted by molar-refractivity contribution is 0.195. The number of aliphatic hydroxyl groups excluding tert-OH is 1. The molecule has 1 aromatic heterocycles. The summed E-state index contributed by atoms with van der Waals surface area (Å²) in [5.41, 5.74) is 2.95. The predicted molar refractivity (Wildman–Crippen MR) is 107 cm³/mol. The van der Waals surface area contributed by atoms with Crippen LogP contribution in [-0.2, 0) is 0 Å². The van der Waals surface area contributed by atoms with Crippen molar-refractivity contribution in [1.82, 2.24) is 9.88 Å². The molecule has 1 fully saturated rings. The van der Waals surface area contributed by atoms with Gasteiger partial charge in [-0.2, -0.15) is 11.8 Å². The van der Waals surface area contributed by atoms with Gasteiger partial charge in [0.25, 0.3) is 0 Å². The van der Waals surface area contributed by atoms with E-state index in [2.05, 4.69) is 27.8 Å². The van der Waals surface area contributed by atoms with Crippen LogP contribution in [0.5, 0.6) is 5.75 Å². The molecule has 1 aliphatic rings. The lowest BCUT2D eigenvalue weighted by Crippen LogP contribution is -2.35. The maximum atomic E-state index is 9.11. The van der Waals surface area contributed by atoms with Crippen LogP contribution in [0, 0.1) is 18.8 Å². The van der Waals surface area contributed by atoms with Crippen molar-refractivity contribution >= 4 is 11.8 Å². The van der Waals surface area contributed by atoms with Crippen molar-refractivity contribution < 1.29 is 9.84 Å². The minimum atomic E-state index is -0.0473. The van der Waals surface area contributed by atoms with Crippen molar-refractivity contribution in [3.63, 3.8) is 0 Å². The lowest BCUT2D eigenvalue weighted by Gasteiger charge is -2.32. The highest BCUT2D eigenvalue weighted by atomic mass is 32.2. The fraction of sp³-hybridized carbons (Fsp3) is 0.381. The first-order chi connectivity index (χ1) is 12.8. The molecule has 26 heavy (non-hydrogen) atoms. The molecule has 4 nitrogen and oxygen atoms in total. The second-order valence-corrected chi connectivity index (χ2v) is 7.38. The average molecular weight is 369 g/mol. The average Bonchev–Trinajstić information content (AvgIpc) is 2.69. The van der Waals surface area contributed by atoms with Gasteiger partial charge in [0.1, 0.15) is 24.1 Å². The fourth-order valence-corrected chi connectivity index (χ4v) is 3.81. The molecule has 3 rings (SSSR count). The molecule has 5 heteroatoms. The van der Waals surface area contributed by atoms with E-state index in [1.54, 1.807) is 0 Å². The number of para-hydroxylation sites is 1. The standard InChI is InChI=1S/C21H24N2O2S/c1-17-6-7-18(22-16-17)8-9-20(23-10-14-26-15-11-23)19-4-2-3-5-21(19)25-13-12-24/h2-7,16,20,24H,10-15H2,1H3/t20-/m1/s1. The van der Waals surface area contributed by atoms with Gasteiger partial charge in [-0.15, -0.1) is 0 Å². The number of benzene rings is 1. The van der Waals surface area contributed by atoms with Gasteiger partial charge in [0.2, 0.25) is 0 Å². The number of aromatic nitrogens is 1. The molecule has 1 N–H and O–H groups in total. The Morgan fingerprint density at radius 3 is 2.77 bits per heavy atom. The third kappa shape index (κ3) is 5.01. The van der Waals surface area contributed by atoms with Gasteiger partial charge in [0.05, 0.1) is 6.61 Å². The molecule has 0 spiro atoms. The van der Waals surface area contributed by atoms with Gasteiger partial charge in [-0.1, -0.05) is 30.2 Å². The summed E-state index contributed by atoms with van der Waals surface area (Å²) in [6.45, 7) is 4.30. The van der Waals surface area contributed by atoms with Crippen molar-refractivity contribution in [3.8, 4) is 17.6 Å². The number of hydrogen-bond donors (Lipinski definition) is 1. The SMILES string of the molecule is Cc1ccc(C#C[C@H](c2ccccc2OCCO)N2CCSCC2)nc1. The molecule has 0 saturated carbocycles. The number of aryl methyl sites for hydroxylation is 1. The highest BCUT2D eigenvalue weighted by Crippen LogP contribution is 2.30. The summed E-state index contributed by atoms with van der Waals surface area (Å²) in [5.74, 6) is 9.67. The number of thioether (sulfide) groups is 1. The maximum Gasteiger partial charge on any atom is 0.125 e. The zero-order chi connectivity index (χ0) is 18.2. The van der Waals surface area contributed by atoms with Crippen LogP contribution in [0.2, 0.25) is 0 Å². The van der Waals surface area contributed by atoms with Crippen molar-refractivity contribution in [2.45, 2.75) is 13.0 Å². The summed E-state index contributed by atoms with van der Waals surface area (Å²) >= 11 is 1.98. The van der Waals surface area contributed by atoms with E-state index < -0.39 is 0 Å². The molecule has 0 amide bonds. The molecular formula is C21H24N2O2S. The monoisotopic (exact) mass is 368 g/mol. The van der Waals surface area contributed by atoms with Gasteiger partial charge in [-0.25, -0.2) is 4.98 Å². The van der Waals surface area contributed by atoms with E-state index in [0.29, 0.717) is 0 Å². The van der Waals surface area contributed by atoms with Gasteiger partial charge in [-0.05, 0) is 30.5 Å². The van der Waals surface area contributed by atoms with Crippen LogP contribution < -0.4 is 4.74 Å². The first-order valence-corrected chi connectivity index (χ1v) is 10.0. The molecule has 2 aromatic rings. The normalized spacial score (nSPS) is 15.8. The zero-order valence-corrected chi connectivity index (χ0v) is 15.8. The van der Waals surface area contributed by atoms with E-state index >= 15 is 0 Å². The molecule has 1 saturated heterocycles. The van der Waals surface area contributed by atoms with Crippen LogP contribution in [0.15, 0.2) is 42.6 Å². The van der Waals surface area contributed by atoms with Crippen LogP contribution in [0.3, 0.4) is 0 Å². The van der Waals surface area contributed by atoms with Crippen molar-refractivity contribution in [1.29, 1.82) is 0 Å². The van der Waals surface area contributed by atoms with Gasteiger partial charge >= 0.3 is 0 Å². The van der Waals surface area contributed by atoms with E-state index in [0.717, 1.165) is 47.2 Å². The summed E-state index contributed by atoms with van der Waals surface area (Å²) < 4.78 is 5.76. The lowest BCUT2D eigenvalue weighted by atomic mass is 10.0. The van der Waals surface area contributed by atoms with E-state index in [-0.39, 0.29) is 19.3 Å². The molecule has 0 radical (unpaired) electrons. The van der Waals surface area contributed by atoms with Crippen LogP contribution >= 0.6 is 11.8 Å². The number of ether oxygens (including phenoxy) is 1. The number of pyridine rings is 1. The summed E-state index contributed by atoms with van der Waals surface area (Å²) in [6.07, 6.45) is 1.84. The number of aliphatic hydroxyl groups is 1. The summed E-state index contributed by atoms with van der Waals surface area (Å²) in [4.78, 5) is 6.80. The summed E-state index contributed by atoms with van der Waals surface area (Å²) in [5, 5.41) is 9.11. The Bertz CT molecular complexity index is 762. The van der Waals surface area contributed by atoms with Crippen LogP contribution in [0.1, 0.15) is 22.9 Å². The summed E-state index contributed by atoms with van der Waals surface area (Å²) in [6, 6.07) is 11.9. The number of rotatable bonds is 5. The fourth-order valence-electron chi connectivity index (χ4n) is 2.88. The van der Waals surface area contributed by atoms with Crippen molar-refractivity contribution in [2.75, 3.05) is 37.8 Å². The van der Waals surface area contributed by atoms with Crippen LogP contribution in [0.25, 0.3) is 0 Å². The molecule has 0 bridgehead atoms. The largest absolute Gasteiger partial charge is 0.491 e. The third-order valence-electron chi connectivity index (χ3n) is 4.22. The predicted octanol–water partition coefficient (Wildman–Crippen LogP) is 2.90.